The van der Waals surface area contributed by atoms with Gasteiger partial charge in [0, 0.05) is 88.5 Å². The first-order valence-corrected chi connectivity index (χ1v) is 22.8. The summed E-state index contributed by atoms with van der Waals surface area (Å²) in [5.74, 6) is 0. The van der Waals surface area contributed by atoms with Gasteiger partial charge in [-0.05, 0) is 131 Å². The fourth-order valence-corrected chi connectivity index (χ4v) is 11.8. The maximum atomic E-state index is 11.3. The normalized spacial score (nSPS) is 24.6. The van der Waals surface area contributed by atoms with Gasteiger partial charge in [0.15, 0.2) is 0 Å². The molecule has 4 aromatic rings. The van der Waals surface area contributed by atoms with E-state index >= 15 is 0 Å². The Morgan fingerprint density at radius 1 is 0.586 bits per heavy atom. The first-order chi connectivity index (χ1) is 27.7. The molecule has 4 aliphatic rings. The lowest BCUT2D eigenvalue weighted by Gasteiger charge is -2.45. The number of anilines is 2. The average Bonchev–Trinajstić information content (AvgIpc) is 3.18. The molecule has 308 valence electrons. The van der Waals surface area contributed by atoms with E-state index in [1.165, 1.54) is 12.1 Å². The second-order valence-electron chi connectivity index (χ2n) is 15.1. The molecule has 58 heavy (non-hydrogen) atoms. The Labute approximate surface area is 379 Å². The van der Waals surface area contributed by atoms with Crippen molar-refractivity contribution in [2.75, 3.05) is 10.6 Å². The topological polar surface area (TPSA) is 157 Å². The number of halogens is 6. The van der Waals surface area contributed by atoms with Crippen LogP contribution in [0.25, 0.3) is 0 Å². The zero-order valence-electron chi connectivity index (χ0n) is 30.9. The number of non-ortho nitro benzene ring substituents is 2. The van der Waals surface area contributed by atoms with Crippen LogP contribution in [-0.4, -0.2) is 54.2 Å². The molecular weight excluding hydrogens is 1050 g/mol. The summed E-state index contributed by atoms with van der Waals surface area (Å²) < 4.78 is 3.81. The van der Waals surface area contributed by atoms with Gasteiger partial charge in [0.2, 0.25) is 0 Å². The minimum atomic E-state index is -0.398. The summed E-state index contributed by atoms with van der Waals surface area (Å²) in [5, 5.41) is 50.7. The number of fused-ring (bicyclic) bond motifs is 2. The molecule has 4 N–H and O–H groups in total. The Bertz CT molecular complexity index is 2050. The minimum Gasteiger partial charge on any atom is -0.393 e. The largest absolute Gasteiger partial charge is 0.393 e. The molecule has 2 aliphatic heterocycles. The van der Waals surface area contributed by atoms with E-state index < -0.39 is 9.85 Å². The second kappa shape index (κ2) is 18.7. The van der Waals surface area contributed by atoms with E-state index in [0.29, 0.717) is 34.3 Å². The van der Waals surface area contributed by atoms with E-state index in [1.54, 1.807) is 24.3 Å². The molecule has 0 radical (unpaired) electrons. The zero-order valence-corrected chi connectivity index (χ0v) is 38.7. The molecule has 2 heterocycles. The van der Waals surface area contributed by atoms with Gasteiger partial charge < -0.3 is 20.8 Å². The van der Waals surface area contributed by atoms with Gasteiger partial charge in [0.05, 0.1) is 33.4 Å². The Balaban J connectivity index is 0.000000177. The van der Waals surface area contributed by atoms with Crippen LogP contribution in [0.1, 0.15) is 86.0 Å². The van der Waals surface area contributed by atoms with Gasteiger partial charge in [-0.2, -0.15) is 0 Å². The van der Waals surface area contributed by atoms with Crippen LogP contribution in [0.3, 0.4) is 0 Å². The van der Waals surface area contributed by atoms with Gasteiger partial charge in [-0.1, -0.05) is 55.1 Å². The predicted octanol–water partition coefficient (Wildman–Crippen LogP) is 12.0. The molecule has 8 rings (SSSR count). The first kappa shape index (κ1) is 43.7. The van der Waals surface area contributed by atoms with Crippen molar-refractivity contribution < 1.29 is 20.1 Å². The summed E-state index contributed by atoms with van der Waals surface area (Å²) in [6.07, 6.45) is 5.41. The molecule has 0 bridgehead atoms. The van der Waals surface area contributed by atoms with E-state index in [4.69, 9.17) is 23.2 Å². The molecule has 2 aliphatic carbocycles. The molecule has 12 nitrogen and oxygen atoms in total. The SMILES string of the molecule is O=[N+]([O-])c1ccc(Cl)c([C@@H]2Nc3c(Br)cc(Br)cc3CN2C2CCC(O)CC2)c1.O=[N+]([O-])c1ccc(Cl)c([C@@H]2Nc3c(Br)cc(Br)cc3CN2C2CCC(O)CC2)c1. The quantitative estimate of drug-likeness (QED) is 0.108. The summed E-state index contributed by atoms with van der Waals surface area (Å²) in [6, 6.07) is 17.8. The highest BCUT2D eigenvalue weighted by Crippen LogP contribution is 2.46. The van der Waals surface area contributed by atoms with Crippen molar-refractivity contribution in [3.63, 3.8) is 0 Å². The molecule has 4 aromatic carbocycles. The van der Waals surface area contributed by atoms with Gasteiger partial charge in [-0.15, -0.1) is 0 Å². The number of aliphatic hydroxyl groups is 2. The van der Waals surface area contributed by atoms with Crippen LogP contribution in [0, 0.1) is 20.2 Å². The summed E-state index contributed by atoms with van der Waals surface area (Å²) in [5.41, 5.74) is 5.61. The van der Waals surface area contributed by atoms with Crippen molar-refractivity contribution in [1.82, 2.24) is 9.80 Å². The van der Waals surface area contributed by atoms with Gasteiger partial charge in [-0.3, -0.25) is 30.0 Å². The fourth-order valence-electron chi connectivity index (χ4n) is 8.52. The van der Waals surface area contributed by atoms with Crippen LogP contribution >= 0.6 is 86.9 Å². The summed E-state index contributed by atoms with van der Waals surface area (Å²) in [4.78, 5) is 26.5. The highest BCUT2D eigenvalue weighted by Gasteiger charge is 2.38. The number of nitro benzene ring substituents is 2. The smallest absolute Gasteiger partial charge is 0.269 e. The Hall–Kier alpha value is -2.38. The number of aliphatic hydroxyl groups excluding tert-OH is 2. The molecule has 0 spiro atoms. The molecule has 0 unspecified atom stereocenters. The maximum absolute atomic E-state index is 11.3. The zero-order chi connectivity index (χ0) is 41.4. The molecule has 2 atom stereocenters. The number of nitro groups is 2. The molecule has 0 saturated heterocycles. The van der Waals surface area contributed by atoms with E-state index in [2.05, 4.69) is 96.3 Å². The maximum Gasteiger partial charge on any atom is 0.269 e. The number of hydrogen-bond acceptors (Lipinski definition) is 10. The predicted molar refractivity (Wildman–Crippen MR) is 240 cm³/mol. The van der Waals surface area contributed by atoms with Crippen molar-refractivity contribution in [1.29, 1.82) is 0 Å². The molecule has 2 saturated carbocycles. The van der Waals surface area contributed by atoms with E-state index in [-0.39, 0.29) is 48.0 Å². The van der Waals surface area contributed by atoms with Crippen molar-refractivity contribution in [3.8, 4) is 0 Å². The highest BCUT2D eigenvalue weighted by atomic mass is 79.9. The first-order valence-electron chi connectivity index (χ1n) is 18.9. The third-order valence-corrected chi connectivity index (χ3v) is 14.3. The lowest BCUT2D eigenvalue weighted by molar-refractivity contribution is -0.385. The van der Waals surface area contributed by atoms with Crippen LogP contribution in [0.5, 0.6) is 0 Å². The minimum absolute atomic E-state index is 0.0193. The lowest BCUT2D eigenvalue weighted by Crippen LogP contribution is -2.46. The van der Waals surface area contributed by atoms with Gasteiger partial charge in [0.1, 0.15) is 12.3 Å². The van der Waals surface area contributed by atoms with Crippen LogP contribution < -0.4 is 10.6 Å². The molecular formula is C40H40Br4Cl2N6O6. The number of benzene rings is 4. The number of nitrogens with one attached hydrogen (secondary N) is 2. The number of nitrogens with zero attached hydrogens (tertiary/aromatic N) is 4. The fraction of sp³-hybridized carbons (Fsp3) is 0.400. The third-order valence-electron chi connectivity index (χ3n) is 11.4. The molecule has 18 heteroatoms. The van der Waals surface area contributed by atoms with Gasteiger partial charge >= 0.3 is 0 Å². The van der Waals surface area contributed by atoms with Crippen molar-refractivity contribution in [2.24, 2.45) is 0 Å². The number of hydrogen-bond donors (Lipinski definition) is 4. The van der Waals surface area contributed by atoms with E-state index in [9.17, 15) is 30.4 Å². The highest BCUT2D eigenvalue weighted by molar-refractivity contribution is 9.11. The third kappa shape index (κ3) is 9.72. The van der Waals surface area contributed by atoms with Crippen molar-refractivity contribution in [3.05, 3.63) is 131 Å². The van der Waals surface area contributed by atoms with Crippen LogP contribution in [0.4, 0.5) is 22.7 Å². The van der Waals surface area contributed by atoms with Gasteiger partial charge in [0.25, 0.3) is 11.4 Å². The lowest BCUT2D eigenvalue weighted by atomic mass is 9.90. The van der Waals surface area contributed by atoms with E-state index in [1.807, 2.05) is 12.1 Å². The molecule has 0 aromatic heterocycles. The standard InChI is InChI=1S/2C20H20Br2ClN3O3/c2*21-12-7-11-10-25(13-1-4-15(27)5-2-13)20(24-19(11)17(22)8-12)16-9-14(26(28)29)3-6-18(16)23/h2*3,6-9,13,15,20,24,27H,1-2,4-5,10H2/t2*13?,15?,20-/m11/s1. The van der Waals surface area contributed by atoms with Crippen LogP contribution in [0.15, 0.2) is 78.6 Å². The van der Waals surface area contributed by atoms with Crippen molar-refractivity contribution in [2.45, 2.75) is 101 Å². The Morgan fingerprint density at radius 2 is 0.948 bits per heavy atom. The summed E-state index contributed by atoms with van der Waals surface area (Å²) in [7, 11) is 0. The Morgan fingerprint density at radius 3 is 1.29 bits per heavy atom. The van der Waals surface area contributed by atoms with E-state index in [0.717, 1.165) is 91.8 Å². The second-order valence-corrected chi connectivity index (χ2v) is 19.5. The Kier molecular flexibility index (Phi) is 14.1. The van der Waals surface area contributed by atoms with Crippen LogP contribution in [0.2, 0.25) is 10.0 Å². The average molecular weight is 1090 g/mol. The van der Waals surface area contributed by atoms with Gasteiger partial charge in [-0.25, -0.2) is 0 Å². The number of rotatable bonds is 6. The molecule has 2 fully saturated rings. The van der Waals surface area contributed by atoms with Crippen LogP contribution in [-0.2, 0) is 13.1 Å². The molecule has 0 amide bonds. The monoisotopic (exact) mass is 1090 g/mol. The summed E-state index contributed by atoms with van der Waals surface area (Å²) >= 11 is 27.4. The summed E-state index contributed by atoms with van der Waals surface area (Å²) in [6.45, 7) is 1.37. The van der Waals surface area contributed by atoms with Crippen molar-refractivity contribution >= 4 is 110 Å².